The van der Waals surface area contributed by atoms with E-state index in [9.17, 15) is 9.59 Å². The van der Waals surface area contributed by atoms with Crippen molar-refractivity contribution in [3.8, 4) is 0 Å². The van der Waals surface area contributed by atoms with E-state index in [1.54, 1.807) is 30.3 Å². The number of hydrogen-bond acceptors (Lipinski definition) is 2. The Balaban J connectivity index is 2.68. The molecule has 0 radical (unpaired) electrons. The fourth-order valence-corrected chi connectivity index (χ4v) is 1.35. The molecule has 0 fully saturated rings. The third kappa shape index (κ3) is 4.14. The molecule has 5 heteroatoms. The minimum atomic E-state index is -1.08. The molecule has 0 aliphatic carbocycles. The highest BCUT2D eigenvalue weighted by atomic mass is 16.4. The number of hydrogen-bond donors (Lipinski definition) is 3. The van der Waals surface area contributed by atoms with Gasteiger partial charge >= 0.3 is 12.0 Å². The maximum absolute atomic E-state index is 11.4. The van der Waals surface area contributed by atoms with Crippen LogP contribution in [0.2, 0.25) is 0 Å². The maximum atomic E-state index is 11.4. The predicted molar refractivity (Wildman–Crippen MR) is 63.6 cm³/mol. The molecule has 1 aromatic rings. The molecular weight excluding hydrogens is 220 g/mol. The number of carbonyl (C=O) groups excluding carboxylic acids is 1. The van der Waals surface area contributed by atoms with Crippen molar-refractivity contribution in [3.05, 3.63) is 35.9 Å². The summed E-state index contributed by atoms with van der Waals surface area (Å²) in [6.07, 6.45) is 0.802. The molecule has 17 heavy (non-hydrogen) atoms. The highest BCUT2D eigenvalue weighted by molar-refractivity contribution is 5.83. The van der Waals surface area contributed by atoms with Crippen LogP contribution in [0, 0.1) is 0 Å². The molecule has 0 saturated heterocycles. The number of carboxylic acid groups (broad SMARTS) is 1. The average molecular weight is 236 g/mol. The van der Waals surface area contributed by atoms with E-state index in [4.69, 9.17) is 5.11 Å². The van der Waals surface area contributed by atoms with Crippen molar-refractivity contribution in [2.45, 2.75) is 19.4 Å². The minimum Gasteiger partial charge on any atom is -0.479 e. The number of amides is 2. The molecule has 0 aliphatic heterocycles. The lowest BCUT2D eigenvalue weighted by molar-refractivity contribution is -0.139. The van der Waals surface area contributed by atoms with Crippen LogP contribution in [0.1, 0.15) is 24.9 Å². The SMILES string of the molecule is CCCNC(=O)N[C@H](C(=O)O)c1ccccc1. The van der Waals surface area contributed by atoms with Gasteiger partial charge in [-0.15, -0.1) is 0 Å². The summed E-state index contributed by atoms with van der Waals surface area (Å²) in [6, 6.07) is 7.10. The van der Waals surface area contributed by atoms with Crippen LogP contribution in [-0.2, 0) is 4.79 Å². The second-order valence-corrected chi connectivity index (χ2v) is 3.58. The first-order chi connectivity index (χ1) is 8.15. The predicted octanol–water partition coefficient (Wildman–Crippen LogP) is 1.52. The Morgan fingerprint density at radius 1 is 1.29 bits per heavy atom. The van der Waals surface area contributed by atoms with Crippen molar-refractivity contribution in [2.75, 3.05) is 6.54 Å². The number of nitrogens with one attached hydrogen (secondary N) is 2. The van der Waals surface area contributed by atoms with Crippen molar-refractivity contribution in [3.63, 3.8) is 0 Å². The van der Waals surface area contributed by atoms with E-state index < -0.39 is 18.0 Å². The molecular formula is C12H16N2O3. The molecule has 0 unspecified atom stereocenters. The normalized spacial score (nSPS) is 11.6. The zero-order valence-corrected chi connectivity index (χ0v) is 9.64. The summed E-state index contributed by atoms with van der Waals surface area (Å²) in [7, 11) is 0. The molecule has 0 aliphatic rings. The lowest BCUT2D eigenvalue weighted by Crippen LogP contribution is -2.41. The van der Waals surface area contributed by atoms with E-state index in [0.717, 1.165) is 6.42 Å². The molecule has 1 atom stereocenters. The van der Waals surface area contributed by atoms with Crippen LogP contribution in [0.4, 0.5) is 4.79 Å². The summed E-state index contributed by atoms with van der Waals surface area (Å²) in [5, 5.41) is 14.1. The Labute approximate surface area is 99.8 Å². The van der Waals surface area contributed by atoms with Gasteiger partial charge in [0.05, 0.1) is 0 Å². The van der Waals surface area contributed by atoms with E-state index in [0.29, 0.717) is 12.1 Å². The minimum absolute atomic E-state index is 0.469. The molecule has 0 saturated carbocycles. The Kier molecular flexibility index (Phi) is 5.00. The van der Waals surface area contributed by atoms with E-state index in [-0.39, 0.29) is 0 Å². The third-order valence-electron chi connectivity index (χ3n) is 2.19. The summed E-state index contributed by atoms with van der Waals surface area (Å²) in [5.41, 5.74) is 0.548. The van der Waals surface area contributed by atoms with Gasteiger partial charge in [0.1, 0.15) is 0 Å². The summed E-state index contributed by atoms with van der Waals surface area (Å²) < 4.78 is 0. The molecule has 1 aromatic carbocycles. The standard InChI is InChI=1S/C12H16N2O3/c1-2-8-13-12(17)14-10(11(15)16)9-6-4-3-5-7-9/h3-7,10H,2,8H2,1H3,(H,15,16)(H2,13,14,17)/t10-/m0/s1. The van der Waals surface area contributed by atoms with Crippen LogP contribution in [0.5, 0.6) is 0 Å². The zero-order valence-electron chi connectivity index (χ0n) is 9.64. The van der Waals surface area contributed by atoms with Crippen LogP contribution in [0.3, 0.4) is 0 Å². The van der Waals surface area contributed by atoms with Crippen molar-refractivity contribution < 1.29 is 14.7 Å². The number of carbonyl (C=O) groups is 2. The Bertz CT molecular complexity index is 379. The van der Waals surface area contributed by atoms with E-state index in [2.05, 4.69) is 10.6 Å². The van der Waals surface area contributed by atoms with Gasteiger partial charge in [-0.05, 0) is 12.0 Å². The molecule has 5 nitrogen and oxygen atoms in total. The highest BCUT2D eigenvalue weighted by Crippen LogP contribution is 2.12. The van der Waals surface area contributed by atoms with Crippen LogP contribution in [-0.4, -0.2) is 23.7 Å². The van der Waals surface area contributed by atoms with Gasteiger partial charge in [0.2, 0.25) is 0 Å². The number of rotatable bonds is 5. The fourth-order valence-electron chi connectivity index (χ4n) is 1.35. The van der Waals surface area contributed by atoms with Gasteiger partial charge in [-0.1, -0.05) is 37.3 Å². The van der Waals surface area contributed by atoms with Crippen molar-refractivity contribution in [1.82, 2.24) is 10.6 Å². The summed E-state index contributed by atoms with van der Waals surface area (Å²) >= 11 is 0. The first-order valence-electron chi connectivity index (χ1n) is 5.47. The van der Waals surface area contributed by atoms with E-state index >= 15 is 0 Å². The maximum Gasteiger partial charge on any atom is 0.330 e. The van der Waals surface area contributed by atoms with Gasteiger partial charge in [0.15, 0.2) is 6.04 Å². The van der Waals surface area contributed by atoms with Crippen molar-refractivity contribution >= 4 is 12.0 Å². The quantitative estimate of drug-likeness (QED) is 0.725. The first kappa shape index (κ1) is 13.0. The molecule has 3 N–H and O–H groups in total. The Hall–Kier alpha value is -2.04. The van der Waals surface area contributed by atoms with Crippen LogP contribution in [0.15, 0.2) is 30.3 Å². The third-order valence-corrected chi connectivity index (χ3v) is 2.19. The number of aliphatic carboxylic acids is 1. The number of carboxylic acids is 1. The largest absolute Gasteiger partial charge is 0.479 e. The monoisotopic (exact) mass is 236 g/mol. The fraction of sp³-hybridized carbons (Fsp3) is 0.333. The van der Waals surface area contributed by atoms with Gasteiger partial charge < -0.3 is 15.7 Å². The molecule has 92 valence electrons. The van der Waals surface area contributed by atoms with Gasteiger partial charge in [0, 0.05) is 6.54 Å². The molecule has 0 bridgehead atoms. The summed E-state index contributed by atoms with van der Waals surface area (Å²) in [5.74, 6) is -1.08. The Morgan fingerprint density at radius 2 is 1.94 bits per heavy atom. The number of urea groups is 1. The zero-order chi connectivity index (χ0) is 12.7. The smallest absolute Gasteiger partial charge is 0.330 e. The van der Waals surface area contributed by atoms with Crippen molar-refractivity contribution in [1.29, 1.82) is 0 Å². The highest BCUT2D eigenvalue weighted by Gasteiger charge is 2.21. The molecule has 0 spiro atoms. The Morgan fingerprint density at radius 3 is 2.47 bits per heavy atom. The molecule has 0 heterocycles. The van der Waals surface area contributed by atoms with E-state index in [1.807, 2.05) is 6.92 Å². The molecule has 2 amide bonds. The number of benzene rings is 1. The lowest BCUT2D eigenvalue weighted by atomic mass is 10.1. The van der Waals surface area contributed by atoms with Crippen LogP contribution < -0.4 is 10.6 Å². The van der Waals surface area contributed by atoms with Crippen LogP contribution >= 0.6 is 0 Å². The first-order valence-corrected chi connectivity index (χ1v) is 5.47. The second-order valence-electron chi connectivity index (χ2n) is 3.58. The lowest BCUT2D eigenvalue weighted by Gasteiger charge is -2.15. The summed E-state index contributed by atoms with van der Waals surface area (Å²) in [4.78, 5) is 22.5. The molecule has 0 aromatic heterocycles. The van der Waals surface area contributed by atoms with Crippen LogP contribution in [0.25, 0.3) is 0 Å². The summed E-state index contributed by atoms with van der Waals surface area (Å²) in [6.45, 7) is 2.44. The van der Waals surface area contributed by atoms with Crippen molar-refractivity contribution in [2.24, 2.45) is 0 Å². The second kappa shape index (κ2) is 6.52. The van der Waals surface area contributed by atoms with E-state index in [1.165, 1.54) is 0 Å². The molecule has 1 rings (SSSR count). The topological polar surface area (TPSA) is 78.4 Å². The average Bonchev–Trinajstić information content (AvgIpc) is 2.34. The van der Waals surface area contributed by atoms with Gasteiger partial charge in [0.25, 0.3) is 0 Å². The van der Waals surface area contributed by atoms with Gasteiger partial charge in [-0.2, -0.15) is 0 Å². The van der Waals surface area contributed by atoms with Gasteiger partial charge in [-0.25, -0.2) is 9.59 Å². The van der Waals surface area contributed by atoms with Gasteiger partial charge in [-0.3, -0.25) is 0 Å².